The van der Waals surface area contributed by atoms with Crippen molar-refractivity contribution in [3.8, 4) is 16.9 Å². The number of hydrogen-bond acceptors (Lipinski definition) is 4. The fourth-order valence-electron chi connectivity index (χ4n) is 2.91. The van der Waals surface area contributed by atoms with Crippen LogP contribution in [0.4, 0.5) is 20.3 Å². The molecular weight excluding hydrogens is 360 g/mol. The summed E-state index contributed by atoms with van der Waals surface area (Å²) in [5.41, 5.74) is 8.07. The van der Waals surface area contributed by atoms with Crippen molar-refractivity contribution in [1.82, 2.24) is 4.98 Å². The van der Waals surface area contributed by atoms with Gasteiger partial charge in [0.2, 0.25) is 0 Å². The summed E-state index contributed by atoms with van der Waals surface area (Å²) in [7, 11) is 0. The van der Waals surface area contributed by atoms with Gasteiger partial charge in [0, 0.05) is 23.9 Å². The van der Waals surface area contributed by atoms with Crippen LogP contribution in [-0.4, -0.2) is 18.1 Å². The minimum atomic E-state index is -2.89. The number of hydrogen-bond donors (Lipinski definition) is 2. The molecule has 0 radical (unpaired) electrons. The first-order valence-electron chi connectivity index (χ1n) is 8.77. The Labute approximate surface area is 156 Å². The van der Waals surface area contributed by atoms with Crippen molar-refractivity contribution in [2.45, 2.75) is 38.7 Å². The SMILES string of the molecule is Nc1c(-c2ccc(OC(F)F)cc2Cl)ccnc1NCCCCC1CC1. The molecule has 1 saturated carbocycles. The van der Waals surface area contributed by atoms with Crippen LogP contribution in [0.5, 0.6) is 5.75 Å². The number of nitrogen functional groups attached to an aromatic ring is 1. The molecule has 2 aromatic rings. The van der Waals surface area contributed by atoms with Gasteiger partial charge in [-0.2, -0.15) is 8.78 Å². The second-order valence-corrected chi connectivity index (χ2v) is 6.91. The quantitative estimate of drug-likeness (QED) is 0.557. The zero-order chi connectivity index (χ0) is 18.5. The number of anilines is 2. The largest absolute Gasteiger partial charge is 0.435 e. The number of halogens is 3. The number of benzene rings is 1. The number of rotatable bonds is 9. The normalized spacial score (nSPS) is 13.8. The molecule has 0 aliphatic heterocycles. The number of alkyl halides is 2. The van der Waals surface area contributed by atoms with E-state index in [4.69, 9.17) is 17.3 Å². The van der Waals surface area contributed by atoms with E-state index in [9.17, 15) is 8.78 Å². The minimum Gasteiger partial charge on any atom is -0.435 e. The zero-order valence-electron chi connectivity index (χ0n) is 14.4. The van der Waals surface area contributed by atoms with Gasteiger partial charge in [0.15, 0.2) is 0 Å². The molecule has 0 spiro atoms. The molecule has 3 N–H and O–H groups in total. The molecule has 1 aromatic carbocycles. The van der Waals surface area contributed by atoms with Crippen molar-refractivity contribution in [2.24, 2.45) is 5.92 Å². The maximum Gasteiger partial charge on any atom is 0.387 e. The third-order valence-electron chi connectivity index (χ3n) is 4.47. The van der Waals surface area contributed by atoms with Crippen molar-refractivity contribution in [3.05, 3.63) is 35.5 Å². The van der Waals surface area contributed by atoms with Gasteiger partial charge in [0.1, 0.15) is 11.6 Å². The third-order valence-corrected chi connectivity index (χ3v) is 4.79. The Hall–Kier alpha value is -2.08. The van der Waals surface area contributed by atoms with Gasteiger partial charge >= 0.3 is 6.61 Å². The van der Waals surface area contributed by atoms with E-state index in [-0.39, 0.29) is 10.8 Å². The van der Waals surface area contributed by atoms with E-state index in [1.54, 1.807) is 18.3 Å². The lowest BCUT2D eigenvalue weighted by atomic mass is 10.0. The van der Waals surface area contributed by atoms with Gasteiger partial charge in [-0.25, -0.2) is 4.98 Å². The zero-order valence-corrected chi connectivity index (χ0v) is 15.1. The van der Waals surface area contributed by atoms with Crippen LogP contribution in [0.15, 0.2) is 30.5 Å². The molecule has 26 heavy (non-hydrogen) atoms. The van der Waals surface area contributed by atoms with E-state index in [2.05, 4.69) is 15.0 Å². The molecule has 1 fully saturated rings. The lowest BCUT2D eigenvalue weighted by molar-refractivity contribution is -0.0498. The highest BCUT2D eigenvalue weighted by Gasteiger charge is 2.20. The number of nitrogens with zero attached hydrogens (tertiary/aromatic N) is 1. The predicted octanol–water partition coefficient (Wildman–Crippen LogP) is 5.58. The van der Waals surface area contributed by atoms with Crippen LogP contribution in [0.25, 0.3) is 11.1 Å². The van der Waals surface area contributed by atoms with Crippen molar-refractivity contribution in [1.29, 1.82) is 0 Å². The van der Waals surface area contributed by atoms with E-state index >= 15 is 0 Å². The molecule has 3 rings (SSSR count). The second-order valence-electron chi connectivity index (χ2n) is 6.51. The summed E-state index contributed by atoms with van der Waals surface area (Å²) >= 11 is 6.23. The Kier molecular flexibility index (Phi) is 6.14. The van der Waals surface area contributed by atoms with Gasteiger partial charge in [-0.05, 0) is 36.6 Å². The summed E-state index contributed by atoms with van der Waals surface area (Å²) in [6.45, 7) is -2.08. The number of unbranched alkanes of at least 4 members (excludes halogenated alkanes) is 1. The molecule has 4 nitrogen and oxygen atoms in total. The highest BCUT2D eigenvalue weighted by atomic mass is 35.5. The Bertz CT molecular complexity index is 754. The topological polar surface area (TPSA) is 60.2 Å². The first-order valence-corrected chi connectivity index (χ1v) is 9.15. The van der Waals surface area contributed by atoms with Gasteiger partial charge in [-0.15, -0.1) is 0 Å². The van der Waals surface area contributed by atoms with Crippen LogP contribution in [0.2, 0.25) is 5.02 Å². The van der Waals surface area contributed by atoms with Crippen molar-refractivity contribution in [2.75, 3.05) is 17.6 Å². The molecule has 1 aromatic heterocycles. The molecule has 140 valence electrons. The molecule has 0 amide bonds. The van der Waals surface area contributed by atoms with Crippen molar-refractivity contribution >= 4 is 23.1 Å². The fourth-order valence-corrected chi connectivity index (χ4v) is 3.18. The second kappa shape index (κ2) is 8.54. The summed E-state index contributed by atoms with van der Waals surface area (Å²) in [5, 5.41) is 3.56. The molecule has 0 atom stereocenters. The average molecular weight is 382 g/mol. The molecule has 0 unspecified atom stereocenters. The van der Waals surface area contributed by atoms with Gasteiger partial charge < -0.3 is 15.8 Å². The first-order chi connectivity index (χ1) is 12.5. The Morgan fingerprint density at radius 1 is 1.23 bits per heavy atom. The maximum absolute atomic E-state index is 12.3. The molecule has 0 bridgehead atoms. The van der Waals surface area contributed by atoms with Crippen LogP contribution in [0, 0.1) is 5.92 Å². The number of pyridine rings is 1. The predicted molar refractivity (Wildman–Crippen MR) is 101 cm³/mol. The van der Waals surface area contributed by atoms with E-state index in [0.717, 1.165) is 18.9 Å². The van der Waals surface area contributed by atoms with Gasteiger partial charge in [0.25, 0.3) is 0 Å². The van der Waals surface area contributed by atoms with Gasteiger partial charge in [-0.3, -0.25) is 0 Å². The highest BCUT2D eigenvalue weighted by molar-refractivity contribution is 6.33. The van der Waals surface area contributed by atoms with Crippen molar-refractivity contribution < 1.29 is 13.5 Å². The third kappa shape index (κ3) is 4.97. The van der Waals surface area contributed by atoms with Crippen LogP contribution < -0.4 is 15.8 Å². The van der Waals surface area contributed by atoms with E-state index in [1.807, 2.05) is 0 Å². The number of nitrogens with two attached hydrogens (primary N) is 1. The minimum absolute atomic E-state index is 0.00962. The summed E-state index contributed by atoms with van der Waals surface area (Å²) in [5.74, 6) is 1.56. The van der Waals surface area contributed by atoms with Crippen LogP contribution in [0.3, 0.4) is 0 Å². The molecular formula is C19H22ClF2N3O. The summed E-state index contributed by atoms with van der Waals surface area (Å²) < 4.78 is 29.0. The average Bonchev–Trinajstić information content (AvgIpc) is 3.40. The monoisotopic (exact) mass is 381 g/mol. The lowest BCUT2D eigenvalue weighted by Crippen LogP contribution is -2.07. The van der Waals surface area contributed by atoms with E-state index in [0.29, 0.717) is 22.6 Å². The first kappa shape index (κ1) is 18.7. The summed E-state index contributed by atoms with van der Waals surface area (Å²) in [4.78, 5) is 4.29. The Morgan fingerprint density at radius 2 is 2.04 bits per heavy atom. The van der Waals surface area contributed by atoms with Gasteiger partial charge in [-0.1, -0.05) is 37.3 Å². The lowest BCUT2D eigenvalue weighted by Gasteiger charge is -2.14. The smallest absolute Gasteiger partial charge is 0.387 e. The van der Waals surface area contributed by atoms with Crippen molar-refractivity contribution in [3.63, 3.8) is 0 Å². The van der Waals surface area contributed by atoms with E-state index in [1.165, 1.54) is 37.8 Å². The molecule has 1 aliphatic rings. The number of nitrogens with one attached hydrogen (secondary N) is 1. The van der Waals surface area contributed by atoms with Gasteiger partial charge in [0.05, 0.1) is 10.7 Å². The fraction of sp³-hybridized carbons (Fsp3) is 0.421. The molecule has 1 heterocycles. The Balaban J connectivity index is 1.67. The van der Waals surface area contributed by atoms with Crippen LogP contribution >= 0.6 is 11.6 Å². The van der Waals surface area contributed by atoms with E-state index < -0.39 is 6.61 Å². The Morgan fingerprint density at radius 3 is 2.73 bits per heavy atom. The van der Waals surface area contributed by atoms with Crippen LogP contribution in [0.1, 0.15) is 32.1 Å². The summed E-state index contributed by atoms with van der Waals surface area (Å²) in [6.07, 6.45) is 7.99. The maximum atomic E-state index is 12.3. The molecule has 1 aliphatic carbocycles. The molecule has 7 heteroatoms. The summed E-state index contributed by atoms with van der Waals surface area (Å²) in [6, 6.07) is 6.17. The highest BCUT2D eigenvalue weighted by Crippen LogP contribution is 2.37. The molecule has 0 saturated heterocycles. The standard InChI is InChI=1S/C19H22ClF2N3O/c20-16-11-13(26-19(21)22)6-7-14(16)15-8-10-25-18(17(15)23)24-9-2-1-3-12-4-5-12/h6-8,10-12,19H,1-5,9,23H2,(H,24,25). The number of aromatic nitrogens is 1. The van der Waals surface area contributed by atoms with Crippen LogP contribution in [-0.2, 0) is 0 Å². The number of ether oxygens (including phenoxy) is 1.